The molecule has 23 heavy (non-hydrogen) atoms. The van der Waals surface area contributed by atoms with Gasteiger partial charge in [-0.15, -0.1) is 0 Å². The van der Waals surface area contributed by atoms with Gasteiger partial charge < -0.3 is 10.0 Å². The fraction of sp³-hybridized carbons (Fsp3) is 0.533. The number of rotatable bonds is 1. The first-order valence-electron chi connectivity index (χ1n) is 7.21. The van der Waals surface area contributed by atoms with E-state index in [-0.39, 0.29) is 18.4 Å². The summed E-state index contributed by atoms with van der Waals surface area (Å²) in [5, 5.41) is 9.43. The van der Waals surface area contributed by atoms with Gasteiger partial charge in [0.05, 0.1) is 17.1 Å². The molecule has 3 nitrogen and oxygen atoms in total. The van der Waals surface area contributed by atoms with Crippen molar-refractivity contribution in [3.63, 3.8) is 0 Å². The number of hydrogen-bond donors (Lipinski definition) is 1. The van der Waals surface area contributed by atoms with Gasteiger partial charge in [-0.05, 0) is 25.0 Å². The summed E-state index contributed by atoms with van der Waals surface area (Å²) >= 11 is 5.52. The van der Waals surface area contributed by atoms with E-state index in [1.54, 1.807) is 0 Å². The van der Waals surface area contributed by atoms with Crippen LogP contribution in [0.1, 0.15) is 36.0 Å². The van der Waals surface area contributed by atoms with Crippen molar-refractivity contribution >= 4 is 17.5 Å². The van der Waals surface area contributed by atoms with E-state index >= 15 is 0 Å². The molecule has 2 fully saturated rings. The van der Waals surface area contributed by atoms with Crippen LogP contribution in [0.5, 0.6) is 0 Å². The number of halogens is 5. The average Bonchev–Trinajstić information content (AvgIpc) is 3.05. The maximum atomic E-state index is 14.0. The lowest BCUT2D eigenvalue weighted by Crippen LogP contribution is -2.51. The quantitative estimate of drug-likeness (QED) is 0.622. The van der Waals surface area contributed by atoms with Crippen molar-refractivity contribution < 1.29 is 27.5 Å². The molecule has 3 rings (SSSR count). The fourth-order valence-electron chi connectivity index (χ4n) is 3.63. The first kappa shape index (κ1) is 16.5. The summed E-state index contributed by atoms with van der Waals surface area (Å²) in [5.74, 6) is -6.95. The molecule has 0 bridgehead atoms. The maximum Gasteiger partial charge on any atom is 0.292 e. The predicted molar refractivity (Wildman–Crippen MR) is 74.6 cm³/mol. The smallest absolute Gasteiger partial charge is 0.292 e. The Morgan fingerprint density at radius 1 is 1.26 bits per heavy atom. The van der Waals surface area contributed by atoms with Gasteiger partial charge in [0.25, 0.3) is 11.8 Å². The second kappa shape index (κ2) is 5.34. The topological polar surface area (TPSA) is 40.5 Å². The SMILES string of the molecule is O=C(c1cc(F)c(F)c(Cl)c1)N1CC(F)(F)C(O)C12CCCC2. The molecule has 1 saturated heterocycles. The summed E-state index contributed by atoms with van der Waals surface area (Å²) in [5.41, 5.74) is -1.68. The number of aliphatic hydroxyl groups is 1. The molecule has 8 heteroatoms. The first-order chi connectivity index (χ1) is 10.7. The second-order valence-electron chi connectivity index (χ2n) is 6.12. The highest BCUT2D eigenvalue weighted by atomic mass is 35.5. The predicted octanol–water partition coefficient (Wildman–Crippen LogP) is 3.38. The highest BCUT2D eigenvalue weighted by Gasteiger charge is 2.64. The molecule has 1 unspecified atom stereocenters. The molecule has 1 N–H and O–H groups in total. The van der Waals surface area contributed by atoms with Crippen molar-refractivity contribution in [3.05, 3.63) is 34.4 Å². The molecule has 0 aromatic heterocycles. The third-order valence-electron chi connectivity index (χ3n) is 4.76. The van der Waals surface area contributed by atoms with E-state index in [2.05, 4.69) is 0 Å². The molecule has 1 aliphatic heterocycles. The largest absolute Gasteiger partial charge is 0.384 e. The zero-order chi connectivity index (χ0) is 17.0. The number of likely N-dealkylation sites (tertiary alicyclic amines) is 1. The summed E-state index contributed by atoms with van der Waals surface area (Å²) < 4.78 is 54.7. The van der Waals surface area contributed by atoms with E-state index in [0.29, 0.717) is 18.9 Å². The molecule has 126 valence electrons. The van der Waals surface area contributed by atoms with Crippen LogP contribution in [0.15, 0.2) is 12.1 Å². The van der Waals surface area contributed by atoms with E-state index < -0.39 is 46.7 Å². The van der Waals surface area contributed by atoms with Gasteiger partial charge in [0.2, 0.25) is 0 Å². The number of carbonyl (C=O) groups excluding carboxylic acids is 1. The molecular formula is C15H14ClF4NO2. The minimum Gasteiger partial charge on any atom is -0.384 e. The Hall–Kier alpha value is -1.34. The molecule has 1 aromatic rings. The maximum absolute atomic E-state index is 14.0. The lowest BCUT2D eigenvalue weighted by Gasteiger charge is -2.36. The summed E-state index contributed by atoms with van der Waals surface area (Å²) in [7, 11) is 0. The van der Waals surface area contributed by atoms with Gasteiger partial charge in [0.15, 0.2) is 11.6 Å². The van der Waals surface area contributed by atoms with Crippen LogP contribution in [-0.4, -0.2) is 40.0 Å². The van der Waals surface area contributed by atoms with Crippen LogP contribution < -0.4 is 0 Å². The van der Waals surface area contributed by atoms with Crippen molar-refractivity contribution in [2.75, 3.05) is 6.54 Å². The number of benzene rings is 1. The minimum atomic E-state index is -3.44. The molecule has 1 heterocycles. The van der Waals surface area contributed by atoms with Gasteiger partial charge in [0.1, 0.15) is 6.10 Å². The van der Waals surface area contributed by atoms with Crippen LogP contribution in [0, 0.1) is 11.6 Å². The lowest BCUT2D eigenvalue weighted by atomic mass is 9.89. The first-order valence-corrected chi connectivity index (χ1v) is 7.59. The van der Waals surface area contributed by atoms with Gasteiger partial charge in [-0.25, -0.2) is 17.6 Å². The van der Waals surface area contributed by atoms with Crippen molar-refractivity contribution in [1.29, 1.82) is 0 Å². The zero-order valence-electron chi connectivity index (χ0n) is 12.0. The van der Waals surface area contributed by atoms with Crippen molar-refractivity contribution in [2.24, 2.45) is 0 Å². The molecule has 2 aliphatic rings. The van der Waals surface area contributed by atoms with Crippen molar-refractivity contribution in [2.45, 2.75) is 43.2 Å². The molecule has 1 aromatic carbocycles. The number of hydrogen-bond acceptors (Lipinski definition) is 2. The number of amides is 1. The monoisotopic (exact) mass is 351 g/mol. The molecule has 1 aliphatic carbocycles. The van der Waals surface area contributed by atoms with Crippen LogP contribution in [0.3, 0.4) is 0 Å². The van der Waals surface area contributed by atoms with Gasteiger partial charge in [-0.2, -0.15) is 0 Å². The van der Waals surface area contributed by atoms with Gasteiger partial charge >= 0.3 is 0 Å². The molecule has 1 spiro atoms. The summed E-state index contributed by atoms with van der Waals surface area (Å²) in [4.78, 5) is 13.5. The van der Waals surface area contributed by atoms with E-state index in [1.807, 2.05) is 0 Å². The van der Waals surface area contributed by atoms with Gasteiger partial charge in [0, 0.05) is 5.56 Å². The van der Waals surface area contributed by atoms with Gasteiger partial charge in [-0.1, -0.05) is 24.4 Å². The highest BCUT2D eigenvalue weighted by molar-refractivity contribution is 6.31. The van der Waals surface area contributed by atoms with Crippen LogP contribution in [0.25, 0.3) is 0 Å². The van der Waals surface area contributed by atoms with Crippen LogP contribution in [0.4, 0.5) is 17.6 Å². The standard InChI is InChI=1S/C15H14ClF4NO2/c16-9-5-8(6-10(17)11(9)18)12(22)21-7-15(19,20)13(23)14(21)3-1-2-4-14/h5-6,13,23H,1-4,7H2. The fourth-order valence-corrected chi connectivity index (χ4v) is 3.84. The van der Waals surface area contributed by atoms with E-state index in [4.69, 9.17) is 11.6 Å². The summed E-state index contributed by atoms with van der Waals surface area (Å²) in [6.45, 7) is -0.955. The molecular weight excluding hydrogens is 338 g/mol. The van der Waals surface area contributed by atoms with Crippen LogP contribution in [-0.2, 0) is 0 Å². The van der Waals surface area contributed by atoms with Crippen molar-refractivity contribution in [3.8, 4) is 0 Å². The molecule has 1 saturated carbocycles. The second-order valence-corrected chi connectivity index (χ2v) is 6.53. The Balaban J connectivity index is 2.01. The van der Waals surface area contributed by atoms with Crippen LogP contribution in [0.2, 0.25) is 5.02 Å². The highest BCUT2D eigenvalue weighted by Crippen LogP contribution is 2.49. The number of nitrogens with zero attached hydrogens (tertiary/aromatic N) is 1. The van der Waals surface area contributed by atoms with E-state index in [9.17, 15) is 27.5 Å². The molecule has 1 amide bonds. The van der Waals surface area contributed by atoms with Gasteiger partial charge in [-0.3, -0.25) is 4.79 Å². The number of aliphatic hydroxyl groups excluding tert-OH is 1. The summed E-state index contributed by atoms with van der Waals surface area (Å²) in [6.07, 6.45) is -0.271. The lowest BCUT2D eigenvalue weighted by molar-refractivity contribution is -0.0959. The number of alkyl halides is 2. The molecule has 0 radical (unpaired) electrons. The van der Waals surface area contributed by atoms with Crippen molar-refractivity contribution in [1.82, 2.24) is 4.90 Å². The van der Waals surface area contributed by atoms with Crippen LogP contribution >= 0.6 is 11.6 Å². The minimum absolute atomic E-state index is 0.243. The average molecular weight is 352 g/mol. The summed E-state index contributed by atoms with van der Waals surface area (Å²) in [6, 6.07) is 1.54. The molecule has 1 atom stereocenters. The Labute approximate surface area is 134 Å². The normalized spacial score (nSPS) is 25.3. The Kier molecular flexibility index (Phi) is 3.84. The third-order valence-corrected chi connectivity index (χ3v) is 5.04. The Morgan fingerprint density at radius 3 is 2.43 bits per heavy atom. The number of carbonyl (C=O) groups is 1. The Bertz CT molecular complexity index is 638. The van der Waals surface area contributed by atoms with E-state index in [0.717, 1.165) is 11.0 Å². The third kappa shape index (κ3) is 2.41. The van der Waals surface area contributed by atoms with E-state index in [1.165, 1.54) is 0 Å². The zero-order valence-corrected chi connectivity index (χ0v) is 12.7. The Morgan fingerprint density at radius 2 is 1.87 bits per heavy atom.